The molecule has 0 bridgehead atoms. The molecule has 1 amide bonds. The van der Waals surface area contributed by atoms with Gasteiger partial charge in [0.1, 0.15) is 5.41 Å². The minimum absolute atomic E-state index is 0.117. The summed E-state index contributed by atoms with van der Waals surface area (Å²) in [6, 6.07) is 22.3. The fourth-order valence-corrected chi connectivity index (χ4v) is 4.59. The van der Waals surface area contributed by atoms with E-state index in [1.165, 1.54) is 0 Å². The number of carbonyl (C=O) groups is 1. The molecule has 0 N–H and O–H groups in total. The maximum absolute atomic E-state index is 13.8. The zero-order valence-corrected chi connectivity index (χ0v) is 18.9. The zero-order valence-electron chi connectivity index (χ0n) is 18.9. The highest BCUT2D eigenvalue weighted by atomic mass is 16.2. The van der Waals surface area contributed by atoms with Crippen LogP contribution in [0.25, 0.3) is 0 Å². The molecule has 0 unspecified atom stereocenters. The van der Waals surface area contributed by atoms with Crippen LogP contribution in [0.15, 0.2) is 79.1 Å². The number of carbonyl (C=O) groups excluding carboxylic acids is 1. The molecule has 6 nitrogen and oxygen atoms in total. The van der Waals surface area contributed by atoms with Gasteiger partial charge in [0, 0.05) is 52.7 Å². The first-order valence-electron chi connectivity index (χ1n) is 11.2. The molecule has 166 valence electrons. The number of amides is 1. The third-order valence-corrected chi connectivity index (χ3v) is 6.31. The molecule has 32 heavy (non-hydrogen) atoms. The van der Waals surface area contributed by atoms with Crippen LogP contribution in [-0.4, -0.2) is 72.5 Å². The molecule has 3 aromatic rings. The van der Waals surface area contributed by atoms with E-state index in [2.05, 4.69) is 44.0 Å². The summed E-state index contributed by atoms with van der Waals surface area (Å²) in [5, 5.41) is 0. The molecular formula is C26H31N5O. The van der Waals surface area contributed by atoms with Crippen LogP contribution in [0.4, 0.5) is 5.95 Å². The van der Waals surface area contributed by atoms with E-state index in [9.17, 15) is 4.79 Å². The van der Waals surface area contributed by atoms with E-state index in [0.29, 0.717) is 0 Å². The Kier molecular flexibility index (Phi) is 6.81. The Morgan fingerprint density at radius 2 is 1.38 bits per heavy atom. The van der Waals surface area contributed by atoms with E-state index in [0.717, 1.165) is 56.2 Å². The van der Waals surface area contributed by atoms with Gasteiger partial charge in [-0.1, -0.05) is 60.7 Å². The van der Waals surface area contributed by atoms with Gasteiger partial charge in [-0.3, -0.25) is 9.69 Å². The smallest absolute Gasteiger partial charge is 0.237 e. The van der Waals surface area contributed by atoms with Gasteiger partial charge in [0.25, 0.3) is 0 Å². The van der Waals surface area contributed by atoms with Crippen molar-refractivity contribution >= 4 is 11.9 Å². The SMILES string of the molecule is CN(C)C(=O)C(CCN1CCN(c2ncccn2)CC1)(c1ccccc1)c1ccccc1. The predicted octanol–water partition coefficient (Wildman–Crippen LogP) is 3.06. The highest BCUT2D eigenvalue weighted by molar-refractivity contribution is 5.91. The summed E-state index contributed by atoms with van der Waals surface area (Å²) >= 11 is 0. The molecule has 1 saturated heterocycles. The van der Waals surface area contributed by atoms with Crippen molar-refractivity contribution in [3.63, 3.8) is 0 Å². The topological polar surface area (TPSA) is 52.6 Å². The van der Waals surface area contributed by atoms with E-state index in [-0.39, 0.29) is 5.91 Å². The Labute approximate surface area is 190 Å². The summed E-state index contributed by atoms with van der Waals surface area (Å²) in [5.74, 6) is 0.907. The van der Waals surface area contributed by atoms with Crippen molar-refractivity contribution in [2.24, 2.45) is 0 Å². The van der Waals surface area contributed by atoms with Gasteiger partial charge in [0.2, 0.25) is 11.9 Å². The standard InChI is InChI=1S/C26H31N5O/c1-29(2)24(32)26(22-10-5-3-6-11-22,23-12-7-4-8-13-23)14-17-30-18-20-31(21-19-30)25-27-15-9-16-28-25/h3-13,15-16H,14,17-21H2,1-2H3. The number of benzene rings is 2. The van der Waals surface area contributed by atoms with E-state index < -0.39 is 5.41 Å². The lowest BCUT2D eigenvalue weighted by Gasteiger charge is -2.39. The Morgan fingerprint density at radius 3 is 1.88 bits per heavy atom. The van der Waals surface area contributed by atoms with E-state index in [4.69, 9.17) is 0 Å². The lowest BCUT2D eigenvalue weighted by atomic mass is 9.70. The minimum atomic E-state index is -0.717. The second-order valence-corrected chi connectivity index (χ2v) is 8.46. The van der Waals surface area contributed by atoms with Crippen LogP contribution in [0, 0.1) is 0 Å². The monoisotopic (exact) mass is 429 g/mol. The first-order chi connectivity index (χ1) is 15.6. The number of hydrogen-bond donors (Lipinski definition) is 0. The Hall–Kier alpha value is -3.25. The average Bonchev–Trinajstić information content (AvgIpc) is 2.86. The first kappa shape index (κ1) is 22.0. The Bertz CT molecular complexity index is 947. The average molecular weight is 430 g/mol. The van der Waals surface area contributed by atoms with Gasteiger partial charge in [0.15, 0.2) is 0 Å². The second-order valence-electron chi connectivity index (χ2n) is 8.46. The van der Waals surface area contributed by atoms with Crippen LogP contribution in [0.2, 0.25) is 0 Å². The Morgan fingerprint density at radius 1 is 0.844 bits per heavy atom. The van der Waals surface area contributed by atoms with Crippen molar-refractivity contribution in [1.82, 2.24) is 19.8 Å². The first-order valence-corrected chi connectivity index (χ1v) is 11.2. The zero-order chi connectivity index (χ0) is 22.4. The third kappa shape index (κ3) is 4.50. The molecule has 4 rings (SSSR count). The van der Waals surface area contributed by atoms with Gasteiger partial charge in [-0.25, -0.2) is 9.97 Å². The molecule has 1 aliphatic rings. The molecule has 0 radical (unpaired) electrons. The van der Waals surface area contributed by atoms with Gasteiger partial charge in [-0.2, -0.15) is 0 Å². The fraction of sp³-hybridized carbons (Fsp3) is 0.346. The highest BCUT2D eigenvalue weighted by Crippen LogP contribution is 2.37. The van der Waals surface area contributed by atoms with Crippen molar-refractivity contribution in [1.29, 1.82) is 0 Å². The summed E-state index contributed by atoms with van der Waals surface area (Å²) < 4.78 is 0. The van der Waals surface area contributed by atoms with Crippen molar-refractivity contribution < 1.29 is 4.79 Å². The van der Waals surface area contributed by atoms with Crippen LogP contribution < -0.4 is 4.90 Å². The summed E-state index contributed by atoms with van der Waals surface area (Å²) in [5.41, 5.74) is 1.37. The maximum Gasteiger partial charge on any atom is 0.237 e. The molecule has 0 spiro atoms. The lowest BCUT2D eigenvalue weighted by molar-refractivity contribution is -0.133. The summed E-state index contributed by atoms with van der Waals surface area (Å²) in [6.45, 7) is 4.46. The molecule has 1 aromatic heterocycles. The molecule has 2 aromatic carbocycles. The number of rotatable bonds is 7. The van der Waals surface area contributed by atoms with Crippen molar-refractivity contribution in [3.05, 3.63) is 90.3 Å². The van der Waals surface area contributed by atoms with Crippen LogP contribution in [0.3, 0.4) is 0 Å². The normalized spacial score (nSPS) is 14.9. The lowest BCUT2D eigenvalue weighted by Crippen LogP contribution is -2.50. The van der Waals surface area contributed by atoms with Gasteiger partial charge in [0.05, 0.1) is 0 Å². The molecule has 2 heterocycles. The van der Waals surface area contributed by atoms with E-state index >= 15 is 0 Å². The van der Waals surface area contributed by atoms with Crippen LogP contribution in [0.1, 0.15) is 17.5 Å². The summed E-state index contributed by atoms with van der Waals surface area (Å²) in [7, 11) is 3.70. The van der Waals surface area contributed by atoms with Crippen molar-refractivity contribution in [2.45, 2.75) is 11.8 Å². The predicted molar refractivity (Wildman–Crippen MR) is 128 cm³/mol. The molecule has 6 heteroatoms. The molecular weight excluding hydrogens is 398 g/mol. The summed E-state index contributed by atoms with van der Waals surface area (Å²) in [6.07, 6.45) is 4.30. The van der Waals surface area contributed by atoms with Crippen LogP contribution in [0.5, 0.6) is 0 Å². The quantitative estimate of drug-likeness (QED) is 0.578. The van der Waals surface area contributed by atoms with Crippen molar-refractivity contribution in [3.8, 4) is 0 Å². The highest BCUT2D eigenvalue weighted by Gasteiger charge is 2.43. The minimum Gasteiger partial charge on any atom is -0.348 e. The van der Waals surface area contributed by atoms with Crippen LogP contribution >= 0.6 is 0 Å². The summed E-state index contributed by atoms with van der Waals surface area (Å²) in [4.78, 5) is 28.9. The molecule has 0 aliphatic carbocycles. The van der Waals surface area contributed by atoms with Gasteiger partial charge in [-0.05, 0) is 30.2 Å². The number of nitrogens with zero attached hydrogens (tertiary/aromatic N) is 5. The fourth-order valence-electron chi connectivity index (χ4n) is 4.59. The third-order valence-electron chi connectivity index (χ3n) is 6.31. The molecule has 0 saturated carbocycles. The number of hydrogen-bond acceptors (Lipinski definition) is 5. The maximum atomic E-state index is 13.8. The largest absolute Gasteiger partial charge is 0.348 e. The molecule has 0 atom stereocenters. The second kappa shape index (κ2) is 9.92. The molecule has 1 aliphatic heterocycles. The number of piperazine rings is 1. The van der Waals surface area contributed by atoms with Crippen LogP contribution in [-0.2, 0) is 10.2 Å². The van der Waals surface area contributed by atoms with Crippen molar-refractivity contribution in [2.75, 3.05) is 51.7 Å². The number of anilines is 1. The van der Waals surface area contributed by atoms with E-state index in [1.807, 2.05) is 56.6 Å². The molecule has 1 fully saturated rings. The number of aromatic nitrogens is 2. The number of likely N-dealkylation sites (N-methyl/N-ethyl adjacent to an activating group) is 1. The van der Waals surface area contributed by atoms with Gasteiger partial charge < -0.3 is 9.80 Å². The van der Waals surface area contributed by atoms with Gasteiger partial charge in [-0.15, -0.1) is 0 Å². The van der Waals surface area contributed by atoms with Gasteiger partial charge >= 0.3 is 0 Å². The Balaban J connectivity index is 1.57. The van der Waals surface area contributed by atoms with E-state index in [1.54, 1.807) is 17.3 Å².